The second-order valence-corrected chi connectivity index (χ2v) is 8.61. The predicted molar refractivity (Wildman–Crippen MR) is 127 cm³/mol. The van der Waals surface area contributed by atoms with Crippen LogP contribution in [0.5, 0.6) is 5.75 Å². The van der Waals surface area contributed by atoms with Crippen LogP contribution in [0.2, 0.25) is 5.02 Å². The molecular weight excluding hydrogens is 470 g/mol. The van der Waals surface area contributed by atoms with Gasteiger partial charge < -0.3 is 19.8 Å². The number of ether oxygens (including phenoxy) is 2. The van der Waals surface area contributed by atoms with Crippen LogP contribution in [-0.4, -0.2) is 47.8 Å². The number of hydrogen-bond donors (Lipinski definition) is 2. The fourth-order valence-electron chi connectivity index (χ4n) is 3.20. The summed E-state index contributed by atoms with van der Waals surface area (Å²) in [5, 5.41) is 14.8. The van der Waals surface area contributed by atoms with Gasteiger partial charge in [-0.3, -0.25) is 19.7 Å². The number of fused-ring (bicyclic) bond motifs is 1. The molecule has 9 nitrogen and oxygen atoms in total. The predicted octanol–water partition coefficient (Wildman–Crippen LogP) is 4.33. The zero-order chi connectivity index (χ0) is 24.0. The van der Waals surface area contributed by atoms with Crippen molar-refractivity contribution in [3.8, 4) is 5.75 Å². The highest BCUT2D eigenvalue weighted by Crippen LogP contribution is 2.30. The number of non-ortho nitro benzene ring substituents is 1. The fourth-order valence-corrected chi connectivity index (χ4v) is 4.45. The van der Waals surface area contributed by atoms with Gasteiger partial charge in [-0.05, 0) is 29.8 Å². The molecule has 1 amide bonds. The minimum atomic E-state index is -0.567. The molecule has 1 unspecified atom stereocenters. The van der Waals surface area contributed by atoms with Crippen molar-refractivity contribution in [2.75, 3.05) is 20.0 Å². The highest BCUT2D eigenvalue weighted by molar-refractivity contribution is 7.98. The van der Waals surface area contributed by atoms with Gasteiger partial charge in [-0.15, -0.1) is 0 Å². The highest BCUT2D eigenvalue weighted by Gasteiger charge is 2.22. The van der Waals surface area contributed by atoms with E-state index in [1.807, 2.05) is 24.3 Å². The summed E-state index contributed by atoms with van der Waals surface area (Å²) >= 11 is 7.51. The summed E-state index contributed by atoms with van der Waals surface area (Å²) in [6, 6.07) is 11.4. The van der Waals surface area contributed by atoms with Crippen molar-refractivity contribution in [2.24, 2.45) is 0 Å². The number of rotatable bonds is 10. The number of nitrogens with one attached hydrogen (secondary N) is 2. The van der Waals surface area contributed by atoms with Gasteiger partial charge in [0.15, 0.2) is 0 Å². The van der Waals surface area contributed by atoms with Crippen LogP contribution in [-0.2, 0) is 15.3 Å². The molecule has 0 aliphatic rings. The number of halogens is 1. The van der Waals surface area contributed by atoms with Gasteiger partial charge in [0.1, 0.15) is 17.0 Å². The van der Waals surface area contributed by atoms with Crippen LogP contribution >= 0.6 is 23.4 Å². The normalized spacial score (nSPS) is 11.7. The number of methoxy groups -OCH3 is 2. The summed E-state index contributed by atoms with van der Waals surface area (Å²) in [5.41, 5.74) is 1.18. The molecule has 1 aromatic heterocycles. The Kier molecular flexibility index (Phi) is 8.18. The minimum absolute atomic E-state index is 0.00986. The van der Waals surface area contributed by atoms with E-state index in [2.05, 4.69) is 10.3 Å². The van der Waals surface area contributed by atoms with E-state index in [0.717, 1.165) is 11.3 Å². The quantitative estimate of drug-likeness (QED) is 0.245. The molecule has 0 saturated carbocycles. The van der Waals surface area contributed by atoms with Crippen LogP contribution in [0.4, 0.5) is 5.69 Å². The monoisotopic (exact) mass is 491 g/mol. The number of amides is 1. The number of esters is 1. The lowest BCUT2D eigenvalue weighted by atomic mass is 10.2. The maximum Gasteiger partial charge on any atom is 0.307 e. The topological polar surface area (TPSA) is 124 Å². The molecule has 2 aromatic carbocycles. The molecule has 1 heterocycles. The minimum Gasteiger partial charge on any atom is -0.497 e. The Morgan fingerprint density at radius 1 is 1.21 bits per heavy atom. The van der Waals surface area contributed by atoms with Crippen molar-refractivity contribution >= 4 is 51.8 Å². The number of benzene rings is 2. The Morgan fingerprint density at radius 3 is 2.58 bits per heavy atom. The van der Waals surface area contributed by atoms with Gasteiger partial charge in [-0.1, -0.05) is 23.7 Å². The van der Waals surface area contributed by atoms with Crippen molar-refractivity contribution in [2.45, 2.75) is 18.2 Å². The summed E-state index contributed by atoms with van der Waals surface area (Å²) in [6.45, 7) is 0. The number of carbonyl (C=O) groups is 2. The van der Waals surface area contributed by atoms with E-state index in [1.165, 1.54) is 25.3 Å². The molecule has 33 heavy (non-hydrogen) atoms. The Balaban J connectivity index is 1.71. The summed E-state index contributed by atoms with van der Waals surface area (Å²) in [4.78, 5) is 38.2. The van der Waals surface area contributed by atoms with E-state index >= 15 is 0 Å². The number of hydrogen-bond acceptors (Lipinski definition) is 7. The Labute approximate surface area is 198 Å². The van der Waals surface area contributed by atoms with Crippen molar-refractivity contribution in [3.05, 3.63) is 68.9 Å². The molecular formula is C22H22ClN3O6S. The molecule has 3 aromatic rings. The van der Waals surface area contributed by atoms with Crippen molar-refractivity contribution in [1.82, 2.24) is 10.3 Å². The Morgan fingerprint density at radius 2 is 1.94 bits per heavy atom. The van der Waals surface area contributed by atoms with Gasteiger partial charge in [-0.25, -0.2) is 0 Å². The number of nitro benzene ring substituents is 1. The molecule has 0 aliphatic carbocycles. The Bertz CT molecular complexity index is 1160. The third-order valence-electron chi connectivity index (χ3n) is 4.84. The molecule has 3 rings (SSSR count). The van der Waals surface area contributed by atoms with Crippen LogP contribution in [0.3, 0.4) is 0 Å². The number of carbonyl (C=O) groups excluding carboxylic acids is 2. The van der Waals surface area contributed by atoms with Crippen molar-refractivity contribution in [3.63, 3.8) is 0 Å². The summed E-state index contributed by atoms with van der Waals surface area (Å²) in [5.74, 6) is 0.952. The average Bonchev–Trinajstić information content (AvgIpc) is 3.22. The molecule has 11 heteroatoms. The number of aromatic nitrogens is 1. The van der Waals surface area contributed by atoms with Gasteiger partial charge in [0.25, 0.3) is 11.6 Å². The number of nitrogens with zero attached hydrogens (tertiary/aromatic N) is 1. The first kappa shape index (κ1) is 24.4. The molecule has 0 spiro atoms. The van der Waals surface area contributed by atoms with Gasteiger partial charge in [-0.2, -0.15) is 11.8 Å². The van der Waals surface area contributed by atoms with Gasteiger partial charge >= 0.3 is 5.97 Å². The number of aromatic amines is 1. The molecule has 0 radical (unpaired) electrons. The van der Waals surface area contributed by atoms with Gasteiger partial charge in [0.2, 0.25) is 0 Å². The van der Waals surface area contributed by atoms with Crippen LogP contribution < -0.4 is 10.1 Å². The summed E-state index contributed by atoms with van der Waals surface area (Å²) in [7, 11) is 2.88. The van der Waals surface area contributed by atoms with Gasteiger partial charge in [0.05, 0.1) is 25.6 Å². The largest absolute Gasteiger partial charge is 0.497 e. The maximum absolute atomic E-state index is 12.8. The smallest absolute Gasteiger partial charge is 0.307 e. The second kappa shape index (κ2) is 11.1. The zero-order valence-corrected chi connectivity index (χ0v) is 19.5. The SMILES string of the molecule is COC(=O)CC(CSCc1ccc(OC)cc1)NC(=O)c1cc2cc(Cl)cc([N+](=O)[O-])c2[nH]1. The van der Waals surface area contributed by atoms with E-state index in [1.54, 1.807) is 18.9 Å². The molecule has 1 atom stereocenters. The van der Waals surface area contributed by atoms with Gasteiger partial charge in [0, 0.05) is 34.0 Å². The van der Waals surface area contributed by atoms with E-state index in [4.69, 9.17) is 21.1 Å². The van der Waals surface area contributed by atoms with Crippen LogP contribution in [0.1, 0.15) is 22.5 Å². The number of nitro groups is 1. The van der Waals surface area contributed by atoms with Crippen LogP contribution in [0, 0.1) is 10.1 Å². The lowest BCUT2D eigenvalue weighted by Crippen LogP contribution is -2.38. The van der Waals surface area contributed by atoms with E-state index < -0.39 is 22.8 Å². The Hall–Kier alpha value is -3.24. The summed E-state index contributed by atoms with van der Waals surface area (Å²) < 4.78 is 9.90. The van der Waals surface area contributed by atoms with Crippen LogP contribution in [0.15, 0.2) is 42.5 Å². The van der Waals surface area contributed by atoms with Crippen molar-refractivity contribution in [1.29, 1.82) is 0 Å². The number of H-pyrrole nitrogens is 1. The first-order chi connectivity index (χ1) is 15.8. The van der Waals surface area contributed by atoms with E-state index in [-0.39, 0.29) is 28.3 Å². The number of thioether (sulfide) groups is 1. The van der Waals surface area contributed by atoms with E-state index in [0.29, 0.717) is 16.9 Å². The average molecular weight is 492 g/mol. The third-order valence-corrected chi connectivity index (χ3v) is 6.23. The van der Waals surface area contributed by atoms with E-state index in [9.17, 15) is 19.7 Å². The molecule has 2 N–H and O–H groups in total. The summed E-state index contributed by atoms with van der Waals surface area (Å²) in [6.07, 6.45) is -0.00986. The molecule has 0 aliphatic heterocycles. The van der Waals surface area contributed by atoms with Crippen molar-refractivity contribution < 1.29 is 24.0 Å². The molecule has 174 valence electrons. The first-order valence-electron chi connectivity index (χ1n) is 9.85. The highest BCUT2D eigenvalue weighted by atomic mass is 35.5. The molecule has 0 fully saturated rings. The lowest BCUT2D eigenvalue weighted by molar-refractivity contribution is -0.383. The maximum atomic E-state index is 12.8. The van der Waals surface area contributed by atoms with Crippen LogP contribution in [0.25, 0.3) is 10.9 Å². The zero-order valence-electron chi connectivity index (χ0n) is 17.9. The molecule has 0 saturated heterocycles. The second-order valence-electron chi connectivity index (χ2n) is 7.14. The molecule has 0 bridgehead atoms. The fraction of sp³-hybridized carbons (Fsp3) is 0.273. The third kappa shape index (κ3) is 6.39. The standard InChI is InChI=1S/C22H22ClN3O6S/c1-31-17-5-3-13(4-6-17)11-33-12-16(10-20(27)32-2)24-22(28)18-8-14-7-15(23)9-19(26(29)30)21(14)25-18/h3-9,16,25H,10-12H2,1-2H3,(H,24,28). The first-order valence-corrected chi connectivity index (χ1v) is 11.4. The lowest BCUT2D eigenvalue weighted by Gasteiger charge is -2.17.